The Kier molecular flexibility index (Phi) is 8.61. The third-order valence-corrected chi connectivity index (χ3v) is 6.27. The van der Waals surface area contributed by atoms with Crippen molar-refractivity contribution in [3.63, 3.8) is 0 Å². The molecule has 0 amide bonds. The molecule has 198 valence electrons. The second-order valence-electron chi connectivity index (χ2n) is 9.53. The van der Waals surface area contributed by atoms with E-state index in [0.29, 0.717) is 30.3 Å². The van der Waals surface area contributed by atoms with E-state index < -0.39 is 6.36 Å². The van der Waals surface area contributed by atoms with Gasteiger partial charge in [-0.15, -0.1) is 18.3 Å². The number of rotatable bonds is 11. The van der Waals surface area contributed by atoms with Gasteiger partial charge in [0, 0.05) is 18.4 Å². The van der Waals surface area contributed by atoms with Crippen molar-refractivity contribution >= 4 is 5.78 Å². The highest BCUT2D eigenvalue weighted by atomic mass is 19.4. The molecular weight excluding hydrogens is 491 g/mol. The number of alkyl halides is 3. The van der Waals surface area contributed by atoms with Gasteiger partial charge in [-0.3, -0.25) is 4.79 Å². The number of carbonyl (C=O) groups is 1. The van der Waals surface area contributed by atoms with Crippen LogP contribution < -0.4 is 4.74 Å². The van der Waals surface area contributed by atoms with Crippen LogP contribution in [0.3, 0.4) is 0 Å². The minimum absolute atomic E-state index is 0.276. The number of aryl methyl sites for hydroxylation is 1. The van der Waals surface area contributed by atoms with Crippen LogP contribution in [0.4, 0.5) is 13.2 Å². The van der Waals surface area contributed by atoms with Crippen molar-refractivity contribution in [1.29, 1.82) is 0 Å². The van der Waals surface area contributed by atoms with Crippen LogP contribution in [0.5, 0.6) is 5.75 Å². The average Bonchev–Trinajstić information content (AvgIpc) is 3.37. The first kappa shape index (κ1) is 27.1. The summed E-state index contributed by atoms with van der Waals surface area (Å²) in [6.07, 6.45) is 0.514. The number of hydrogen-bond acceptors (Lipinski definition) is 4. The summed E-state index contributed by atoms with van der Waals surface area (Å²) in [4.78, 5) is 16.8. The summed E-state index contributed by atoms with van der Waals surface area (Å²) in [6, 6.07) is 21.6. The lowest BCUT2D eigenvalue weighted by atomic mass is 9.93. The van der Waals surface area contributed by atoms with Crippen LogP contribution in [0.2, 0.25) is 0 Å². The van der Waals surface area contributed by atoms with Crippen molar-refractivity contribution in [2.45, 2.75) is 58.2 Å². The summed E-state index contributed by atoms with van der Waals surface area (Å²) in [5.74, 6) is 0.897. The largest absolute Gasteiger partial charge is 0.573 e. The third kappa shape index (κ3) is 7.54. The number of halogens is 3. The maximum absolute atomic E-state index is 12.5. The predicted octanol–water partition coefficient (Wildman–Crippen LogP) is 7.48. The van der Waals surface area contributed by atoms with E-state index in [9.17, 15) is 18.0 Å². The molecule has 0 spiro atoms. The molecule has 8 heteroatoms. The fourth-order valence-corrected chi connectivity index (χ4v) is 4.35. The van der Waals surface area contributed by atoms with Crippen molar-refractivity contribution in [2.24, 2.45) is 0 Å². The SMILES string of the molecule is CC(C)c1ccccc1CC(=O)CCCCc1ccc(-c2ncn(-c3ccc(OC(F)(F)F)cc3)n2)cc1. The molecule has 3 aromatic carbocycles. The number of nitrogens with zero attached hydrogens (tertiary/aromatic N) is 3. The van der Waals surface area contributed by atoms with Crippen molar-refractivity contribution in [2.75, 3.05) is 0 Å². The number of carbonyl (C=O) groups excluding carboxylic acids is 1. The van der Waals surface area contributed by atoms with Gasteiger partial charge in [0.1, 0.15) is 17.9 Å². The van der Waals surface area contributed by atoms with E-state index in [-0.39, 0.29) is 11.5 Å². The van der Waals surface area contributed by atoms with Crippen LogP contribution in [0.25, 0.3) is 17.1 Å². The quantitative estimate of drug-likeness (QED) is 0.192. The minimum atomic E-state index is -4.73. The monoisotopic (exact) mass is 521 g/mol. The molecule has 0 aliphatic heterocycles. The summed E-state index contributed by atoms with van der Waals surface area (Å²) in [7, 11) is 0. The van der Waals surface area contributed by atoms with Crippen LogP contribution in [0.1, 0.15) is 55.7 Å². The smallest absolute Gasteiger partial charge is 0.406 e. The van der Waals surface area contributed by atoms with Gasteiger partial charge in [-0.05, 0) is 66.1 Å². The number of ketones is 1. The lowest BCUT2D eigenvalue weighted by Crippen LogP contribution is -2.17. The molecule has 4 rings (SSSR count). The van der Waals surface area contributed by atoms with Gasteiger partial charge >= 0.3 is 6.36 Å². The highest BCUT2D eigenvalue weighted by molar-refractivity contribution is 5.81. The second kappa shape index (κ2) is 12.1. The van der Waals surface area contributed by atoms with Gasteiger partial charge < -0.3 is 4.74 Å². The van der Waals surface area contributed by atoms with E-state index in [1.54, 1.807) is 0 Å². The Balaban J connectivity index is 1.26. The first-order valence-corrected chi connectivity index (χ1v) is 12.6. The van der Waals surface area contributed by atoms with E-state index in [1.807, 2.05) is 36.4 Å². The van der Waals surface area contributed by atoms with Crippen LogP contribution in [0.15, 0.2) is 79.1 Å². The van der Waals surface area contributed by atoms with Gasteiger partial charge in [0.25, 0.3) is 0 Å². The molecule has 0 aliphatic carbocycles. The van der Waals surface area contributed by atoms with Crippen LogP contribution >= 0.6 is 0 Å². The molecule has 38 heavy (non-hydrogen) atoms. The number of Topliss-reactive ketones (excluding diaryl/α,β-unsaturated/α-hetero) is 1. The summed E-state index contributed by atoms with van der Waals surface area (Å²) in [5, 5.41) is 4.44. The standard InChI is InChI=1S/C30H30F3N3O2/c1-21(2)28-10-6-4-8-24(28)19-26(37)9-5-3-7-22-11-13-23(14-12-22)29-34-20-36(35-29)25-15-17-27(18-16-25)38-30(31,32)33/h4,6,8,10-18,20-21H,3,5,7,9,19H2,1-2H3. The van der Waals surface area contributed by atoms with Crippen LogP contribution in [0, 0.1) is 0 Å². The highest BCUT2D eigenvalue weighted by Gasteiger charge is 2.31. The molecule has 1 heterocycles. The molecule has 0 fully saturated rings. The molecular formula is C30H30F3N3O2. The molecule has 0 atom stereocenters. The zero-order chi connectivity index (χ0) is 27.1. The molecule has 0 saturated carbocycles. The average molecular weight is 522 g/mol. The van der Waals surface area contributed by atoms with E-state index in [4.69, 9.17) is 0 Å². The Labute approximate surface area is 220 Å². The Morgan fingerprint density at radius 3 is 2.34 bits per heavy atom. The molecule has 0 N–H and O–H groups in total. The van der Waals surface area contributed by atoms with E-state index in [1.165, 1.54) is 46.4 Å². The van der Waals surface area contributed by atoms with Gasteiger partial charge in [-0.2, -0.15) is 0 Å². The number of aromatic nitrogens is 3. The molecule has 0 saturated heterocycles. The first-order valence-electron chi connectivity index (χ1n) is 12.6. The normalized spacial score (nSPS) is 11.6. The lowest BCUT2D eigenvalue weighted by Gasteiger charge is -2.12. The van der Waals surface area contributed by atoms with Crippen molar-refractivity contribution in [3.05, 3.63) is 95.8 Å². The van der Waals surface area contributed by atoms with E-state index in [2.05, 4.69) is 40.8 Å². The third-order valence-electron chi connectivity index (χ3n) is 6.27. The van der Waals surface area contributed by atoms with Crippen molar-refractivity contribution in [1.82, 2.24) is 14.8 Å². The Morgan fingerprint density at radius 1 is 0.947 bits per heavy atom. The lowest BCUT2D eigenvalue weighted by molar-refractivity contribution is -0.274. The zero-order valence-corrected chi connectivity index (χ0v) is 21.4. The number of hydrogen-bond donors (Lipinski definition) is 0. The van der Waals surface area contributed by atoms with E-state index in [0.717, 1.165) is 30.4 Å². The van der Waals surface area contributed by atoms with Gasteiger partial charge in [0.05, 0.1) is 5.69 Å². The van der Waals surface area contributed by atoms with Crippen LogP contribution in [-0.4, -0.2) is 26.9 Å². The number of unbranched alkanes of at least 4 members (excludes halogenated alkanes) is 1. The summed E-state index contributed by atoms with van der Waals surface area (Å²) in [6.45, 7) is 4.30. The van der Waals surface area contributed by atoms with Gasteiger partial charge in [0.2, 0.25) is 0 Å². The highest BCUT2D eigenvalue weighted by Crippen LogP contribution is 2.24. The molecule has 4 aromatic rings. The molecule has 0 radical (unpaired) electrons. The van der Waals surface area contributed by atoms with Gasteiger partial charge in [0.15, 0.2) is 5.82 Å². The van der Waals surface area contributed by atoms with Gasteiger partial charge in [-0.25, -0.2) is 9.67 Å². The summed E-state index contributed by atoms with van der Waals surface area (Å²) >= 11 is 0. The predicted molar refractivity (Wildman–Crippen MR) is 140 cm³/mol. The molecule has 0 bridgehead atoms. The minimum Gasteiger partial charge on any atom is -0.406 e. The van der Waals surface area contributed by atoms with Gasteiger partial charge in [-0.1, -0.05) is 62.4 Å². The summed E-state index contributed by atoms with van der Waals surface area (Å²) in [5.41, 5.74) is 4.95. The Morgan fingerprint density at radius 2 is 1.66 bits per heavy atom. The maximum Gasteiger partial charge on any atom is 0.573 e. The molecule has 0 unspecified atom stereocenters. The first-order chi connectivity index (χ1) is 18.2. The second-order valence-corrected chi connectivity index (χ2v) is 9.53. The molecule has 1 aromatic heterocycles. The Hall–Kier alpha value is -3.94. The van der Waals surface area contributed by atoms with E-state index >= 15 is 0 Å². The van der Waals surface area contributed by atoms with Crippen molar-refractivity contribution in [3.8, 4) is 22.8 Å². The molecule has 0 aliphatic rings. The van der Waals surface area contributed by atoms with Crippen molar-refractivity contribution < 1.29 is 22.7 Å². The fourth-order valence-electron chi connectivity index (χ4n) is 4.35. The Bertz CT molecular complexity index is 1340. The number of benzene rings is 3. The number of ether oxygens (including phenoxy) is 1. The van der Waals surface area contributed by atoms with Crippen LogP contribution in [-0.2, 0) is 17.6 Å². The summed E-state index contributed by atoms with van der Waals surface area (Å²) < 4.78 is 42.4. The maximum atomic E-state index is 12.5. The molecule has 5 nitrogen and oxygen atoms in total. The zero-order valence-electron chi connectivity index (χ0n) is 21.4. The topological polar surface area (TPSA) is 57.0 Å². The fraction of sp³-hybridized carbons (Fsp3) is 0.300.